The normalized spacial score (nSPS) is 14.7. The molecule has 2 aromatic heterocycles. The van der Waals surface area contributed by atoms with E-state index in [9.17, 15) is 0 Å². The van der Waals surface area contributed by atoms with Crippen molar-refractivity contribution in [3.05, 3.63) is 29.7 Å². The zero-order chi connectivity index (χ0) is 16.8. The van der Waals surface area contributed by atoms with Crippen LogP contribution in [0.1, 0.15) is 49.7 Å². The van der Waals surface area contributed by atoms with Crippen LogP contribution in [0.2, 0.25) is 0 Å². The van der Waals surface area contributed by atoms with Gasteiger partial charge in [-0.15, -0.1) is 10.2 Å². The van der Waals surface area contributed by atoms with Gasteiger partial charge < -0.3 is 9.88 Å². The average Bonchev–Trinajstić information content (AvgIpc) is 3.27. The predicted molar refractivity (Wildman–Crippen MR) is 95.1 cm³/mol. The minimum atomic E-state index is 0.436. The molecular formula is C17H22N6S. The molecule has 0 amide bonds. The molecule has 1 aliphatic carbocycles. The fourth-order valence-electron chi connectivity index (χ4n) is 3.20. The molecule has 0 bridgehead atoms. The van der Waals surface area contributed by atoms with E-state index in [-0.39, 0.29) is 0 Å². The molecule has 1 fully saturated rings. The Morgan fingerprint density at radius 1 is 1.33 bits per heavy atom. The summed E-state index contributed by atoms with van der Waals surface area (Å²) in [5, 5.41) is 21.9. The van der Waals surface area contributed by atoms with Gasteiger partial charge in [-0.05, 0) is 37.7 Å². The molecule has 0 radical (unpaired) electrons. The van der Waals surface area contributed by atoms with Gasteiger partial charge in [0.2, 0.25) is 0 Å². The van der Waals surface area contributed by atoms with Crippen LogP contribution < -0.4 is 5.32 Å². The van der Waals surface area contributed by atoms with Crippen LogP contribution in [-0.2, 0) is 6.42 Å². The molecule has 1 N–H and O–H groups in total. The molecule has 0 aromatic carbocycles. The van der Waals surface area contributed by atoms with Crippen molar-refractivity contribution < 1.29 is 0 Å². The van der Waals surface area contributed by atoms with Crippen molar-refractivity contribution in [2.24, 2.45) is 0 Å². The predicted octanol–water partition coefficient (Wildman–Crippen LogP) is 3.43. The van der Waals surface area contributed by atoms with E-state index in [1.165, 1.54) is 25.7 Å². The Morgan fingerprint density at radius 2 is 2.17 bits per heavy atom. The van der Waals surface area contributed by atoms with Crippen molar-refractivity contribution in [1.82, 2.24) is 19.7 Å². The summed E-state index contributed by atoms with van der Waals surface area (Å²) in [4.78, 5) is 4.23. The van der Waals surface area contributed by atoms with Gasteiger partial charge in [-0.2, -0.15) is 5.26 Å². The first-order chi connectivity index (χ1) is 11.8. The van der Waals surface area contributed by atoms with Crippen molar-refractivity contribution >= 4 is 17.6 Å². The number of nitrogens with zero attached hydrogens (tertiary/aromatic N) is 5. The van der Waals surface area contributed by atoms with Gasteiger partial charge in [-0.1, -0.05) is 30.7 Å². The van der Waals surface area contributed by atoms with E-state index in [4.69, 9.17) is 5.26 Å². The average molecular weight is 342 g/mol. The quantitative estimate of drug-likeness (QED) is 0.613. The lowest BCUT2D eigenvalue weighted by atomic mass is 10.2. The third kappa shape index (κ3) is 3.88. The molecule has 1 aliphatic rings. The van der Waals surface area contributed by atoms with Gasteiger partial charge in [0.25, 0.3) is 0 Å². The Balaban J connectivity index is 1.57. The third-order valence-corrected chi connectivity index (χ3v) is 5.00. The smallest absolute Gasteiger partial charge is 0.191 e. The molecule has 126 valence electrons. The lowest BCUT2D eigenvalue weighted by Crippen LogP contribution is -2.12. The summed E-state index contributed by atoms with van der Waals surface area (Å²) in [6, 6.07) is 8.06. The lowest BCUT2D eigenvalue weighted by Gasteiger charge is -2.16. The van der Waals surface area contributed by atoms with Crippen LogP contribution in [-0.4, -0.2) is 32.5 Å². The fourth-order valence-corrected chi connectivity index (χ4v) is 3.78. The molecule has 3 rings (SSSR count). The molecule has 0 unspecified atom stereocenters. The highest BCUT2D eigenvalue weighted by Gasteiger charge is 2.23. The van der Waals surface area contributed by atoms with E-state index in [2.05, 4.69) is 37.4 Å². The lowest BCUT2D eigenvalue weighted by molar-refractivity contribution is 0.461. The Bertz CT molecular complexity index is 714. The van der Waals surface area contributed by atoms with Crippen LogP contribution in [0.3, 0.4) is 0 Å². The summed E-state index contributed by atoms with van der Waals surface area (Å²) in [7, 11) is 0. The summed E-state index contributed by atoms with van der Waals surface area (Å²) < 4.78 is 2.35. The number of thioether (sulfide) groups is 1. The van der Waals surface area contributed by atoms with Gasteiger partial charge in [0, 0.05) is 19.0 Å². The molecule has 0 aliphatic heterocycles. The van der Waals surface area contributed by atoms with E-state index in [1.807, 2.05) is 12.1 Å². The number of nitrogens with one attached hydrogen (secondary N) is 1. The number of anilines is 1. The number of aryl methyl sites for hydroxylation is 1. The molecule has 0 saturated heterocycles. The number of rotatable bonds is 7. The van der Waals surface area contributed by atoms with Gasteiger partial charge in [0.1, 0.15) is 23.4 Å². The van der Waals surface area contributed by atoms with Crippen LogP contribution in [0, 0.1) is 11.3 Å². The molecule has 0 atom stereocenters. The third-order valence-electron chi connectivity index (χ3n) is 4.35. The van der Waals surface area contributed by atoms with Gasteiger partial charge >= 0.3 is 0 Å². The molecule has 0 spiro atoms. The van der Waals surface area contributed by atoms with Crippen molar-refractivity contribution in [2.45, 2.75) is 49.7 Å². The van der Waals surface area contributed by atoms with Gasteiger partial charge in [-0.3, -0.25) is 0 Å². The fraction of sp³-hybridized carbons (Fsp3) is 0.529. The largest absolute Gasteiger partial charge is 0.370 e. The summed E-state index contributed by atoms with van der Waals surface area (Å²) in [5.41, 5.74) is 0.436. The maximum Gasteiger partial charge on any atom is 0.191 e. The molecular weight excluding hydrogens is 320 g/mol. The second-order valence-corrected chi connectivity index (χ2v) is 6.73. The molecule has 24 heavy (non-hydrogen) atoms. The van der Waals surface area contributed by atoms with Crippen LogP contribution in [0.15, 0.2) is 23.4 Å². The van der Waals surface area contributed by atoms with E-state index in [1.54, 1.807) is 17.8 Å². The van der Waals surface area contributed by atoms with E-state index in [0.717, 1.165) is 36.2 Å². The Morgan fingerprint density at radius 3 is 2.92 bits per heavy atom. The zero-order valence-corrected chi connectivity index (χ0v) is 14.7. The number of nitriles is 1. The monoisotopic (exact) mass is 342 g/mol. The standard InChI is InChI=1S/C17H22N6S/c1-24-17-22-21-16(23(17)14-7-2-3-8-14)10-5-11-19-15-9-4-6-13(12-18)20-15/h4,6,9,14H,2-3,5,7-8,10-11H2,1H3,(H,19,20). The van der Waals surface area contributed by atoms with Crippen LogP contribution in [0.5, 0.6) is 0 Å². The summed E-state index contributed by atoms with van der Waals surface area (Å²) >= 11 is 1.68. The number of pyridine rings is 1. The second kappa shape index (κ2) is 8.15. The minimum Gasteiger partial charge on any atom is -0.370 e. The van der Waals surface area contributed by atoms with Crippen molar-refractivity contribution in [3.63, 3.8) is 0 Å². The zero-order valence-electron chi connectivity index (χ0n) is 13.9. The Kier molecular flexibility index (Phi) is 5.70. The molecule has 6 nitrogen and oxygen atoms in total. The van der Waals surface area contributed by atoms with Crippen LogP contribution in [0.4, 0.5) is 5.82 Å². The SMILES string of the molecule is CSc1nnc(CCCNc2cccc(C#N)n2)n1C1CCCC1. The molecule has 2 aromatic rings. The molecule has 7 heteroatoms. The first-order valence-electron chi connectivity index (χ1n) is 8.40. The Hall–Kier alpha value is -2.07. The van der Waals surface area contributed by atoms with Crippen molar-refractivity contribution in [2.75, 3.05) is 18.1 Å². The topological polar surface area (TPSA) is 79.4 Å². The van der Waals surface area contributed by atoms with Gasteiger partial charge in [0.15, 0.2) is 5.16 Å². The maximum absolute atomic E-state index is 8.88. The van der Waals surface area contributed by atoms with Crippen LogP contribution in [0.25, 0.3) is 0 Å². The number of hydrogen-bond acceptors (Lipinski definition) is 6. The second-order valence-electron chi connectivity index (χ2n) is 5.96. The summed E-state index contributed by atoms with van der Waals surface area (Å²) in [6.07, 6.45) is 9.00. The molecule has 2 heterocycles. The first kappa shape index (κ1) is 16.8. The summed E-state index contributed by atoms with van der Waals surface area (Å²) in [5.74, 6) is 1.84. The maximum atomic E-state index is 8.88. The van der Waals surface area contributed by atoms with Gasteiger partial charge in [-0.25, -0.2) is 4.98 Å². The van der Waals surface area contributed by atoms with E-state index >= 15 is 0 Å². The number of aromatic nitrogens is 4. The van der Waals surface area contributed by atoms with Crippen LogP contribution >= 0.6 is 11.8 Å². The highest BCUT2D eigenvalue weighted by Crippen LogP contribution is 2.33. The molecule has 1 saturated carbocycles. The van der Waals surface area contributed by atoms with Crippen molar-refractivity contribution in [3.8, 4) is 6.07 Å². The highest BCUT2D eigenvalue weighted by molar-refractivity contribution is 7.98. The highest BCUT2D eigenvalue weighted by atomic mass is 32.2. The Labute approximate surface area is 146 Å². The first-order valence-corrected chi connectivity index (χ1v) is 9.63. The summed E-state index contributed by atoms with van der Waals surface area (Å²) in [6.45, 7) is 0.800. The number of hydrogen-bond donors (Lipinski definition) is 1. The van der Waals surface area contributed by atoms with E-state index < -0.39 is 0 Å². The van der Waals surface area contributed by atoms with Crippen molar-refractivity contribution in [1.29, 1.82) is 5.26 Å². The van der Waals surface area contributed by atoms with E-state index in [0.29, 0.717) is 11.7 Å². The minimum absolute atomic E-state index is 0.436. The van der Waals surface area contributed by atoms with Gasteiger partial charge in [0.05, 0.1) is 0 Å².